The van der Waals surface area contributed by atoms with Crippen molar-refractivity contribution in [2.24, 2.45) is 5.73 Å². The first kappa shape index (κ1) is 14.9. The van der Waals surface area contributed by atoms with Crippen molar-refractivity contribution in [3.8, 4) is 0 Å². The van der Waals surface area contributed by atoms with E-state index in [0.717, 1.165) is 32.5 Å². The first-order valence-electron chi connectivity index (χ1n) is 6.08. The fourth-order valence-electron chi connectivity index (χ4n) is 2.16. The maximum absolute atomic E-state index is 5.94. The molecule has 3 nitrogen and oxygen atoms in total. The summed E-state index contributed by atoms with van der Waals surface area (Å²) in [5, 5.41) is 0. The Hall–Kier alpha value is -0.120. The molecule has 0 radical (unpaired) electrons. The lowest BCUT2D eigenvalue weighted by Gasteiger charge is -2.43. The summed E-state index contributed by atoms with van der Waals surface area (Å²) in [5.74, 6) is 0. The molecule has 2 N–H and O–H groups in total. The number of nitrogens with two attached hydrogens (primary N) is 1. The number of nitrogens with zero attached hydrogens (tertiary/aromatic N) is 1. The number of rotatable bonds is 8. The highest BCUT2D eigenvalue weighted by atomic mass is 16.5. The summed E-state index contributed by atoms with van der Waals surface area (Å²) in [6.07, 6.45) is 2.48. The molecule has 0 aliphatic rings. The number of methoxy groups -OCH3 is 1. The smallest absolute Gasteiger partial charge is 0.0670 e. The Balaban J connectivity index is 4.58. The Morgan fingerprint density at radius 2 is 1.80 bits per heavy atom. The van der Waals surface area contributed by atoms with Gasteiger partial charge >= 0.3 is 0 Å². The molecule has 0 rings (SSSR count). The second-order valence-corrected chi connectivity index (χ2v) is 4.22. The standard InChI is InChI=1S/C12H28N2O/c1-6-12(7-2,10-13)14(8-3)9-11(4)15-5/h11H,6-10,13H2,1-5H3. The Bertz CT molecular complexity index is 149. The quantitative estimate of drug-likeness (QED) is 0.673. The molecular weight excluding hydrogens is 188 g/mol. The van der Waals surface area contributed by atoms with Crippen LogP contribution in [0.1, 0.15) is 40.5 Å². The Morgan fingerprint density at radius 3 is 2.07 bits per heavy atom. The highest BCUT2D eigenvalue weighted by Gasteiger charge is 2.31. The number of ether oxygens (including phenoxy) is 1. The van der Waals surface area contributed by atoms with Crippen LogP contribution in [-0.4, -0.2) is 43.3 Å². The van der Waals surface area contributed by atoms with Gasteiger partial charge in [-0.15, -0.1) is 0 Å². The molecule has 0 aromatic carbocycles. The maximum Gasteiger partial charge on any atom is 0.0670 e. The van der Waals surface area contributed by atoms with Gasteiger partial charge in [0, 0.05) is 25.7 Å². The van der Waals surface area contributed by atoms with E-state index in [2.05, 4.69) is 32.6 Å². The molecule has 1 atom stereocenters. The van der Waals surface area contributed by atoms with Gasteiger partial charge in [0.15, 0.2) is 0 Å². The van der Waals surface area contributed by atoms with Crippen LogP contribution in [-0.2, 0) is 4.74 Å². The highest BCUT2D eigenvalue weighted by Crippen LogP contribution is 2.23. The van der Waals surface area contributed by atoms with E-state index in [1.165, 1.54) is 0 Å². The minimum Gasteiger partial charge on any atom is -0.380 e. The van der Waals surface area contributed by atoms with Gasteiger partial charge in [-0.05, 0) is 26.3 Å². The van der Waals surface area contributed by atoms with Crippen molar-refractivity contribution in [1.29, 1.82) is 0 Å². The average molecular weight is 216 g/mol. The van der Waals surface area contributed by atoms with Crippen LogP contribution in [0.15, 0.2) is 0 Å². The summed E-state index contributed by atoms with van der Waals surface area (Å²) in [6.45, 7) is 11.5. The fourth-order valence-corrected chi connectivity index (χ4v) is 2.16. The van der Waals surface area contributed by atoms with E-state index in [9.17, 15) is 0 Å². The minimum atomic E-state index is 0.154. The van der Waals surface area contributed by atoms with E-state index < -0.39 is 0 Å². The second-order valence-electron chi connectivity index (χ2n) is 4.22. The van der Waals surface area contributed by atoms with Gasteiger partial charge < -0.3 is 10.5 Å². The third kappa shape index (κ3) is 3.74. The van der Waals surface area contributed by atoms with Crippen LogP contribution in [0.5, 0.6) is 0 Å². The molecule has 0 aromatic rings. The third-order valence-corrected chi connectivity index (χ3v) is 3.63. The minimum absolute atomic E-state index is 0.154. The maximum atomic E-state index is 5.94. The van der Waals surface area contributed by atoms with E-state index in [1.54, 1.807) is 7.11 Å². The van der Waals surface area contributed by atoms with Crippen LogP contribution in [0, 0.1) is 0 Å². The molecule has 0 saturated heterocycles. The first-order valence-corrected chi connectivity index (χ1v) is 6.08. The van der Waals surface area contributed by atoms with Gasteiger partial charge in [0.05, 0.1) is 6.10 Å². The molecule has 0 aromatic heterocycles. The Kier molecular flexibility index (Phi) is 7.14. The molecule has 0 aliphatic carbocycles. The zero-order valence-electron chi connectivity index (χ0n) is 11.0. The molecule has 0 bridgehead atoms. The van der Waals surface area contributed by atoms with Crippen molar-refractivity contribution in [3.05, 3.63) is 0 Å². The SMILES string of the molecule is CCN(CC(C)OC)C(CC)(CC)CN. The van der Waals surface area contributed by atoms with Gasteiger partial charge in [-0.3, -0.25) is 4.90 Å². The van der Waals surface area contributed by atoms with Gasteiger partial charge in [0.2, 0.25) is 0 Å². The molecule has 0 amide bonds. The van der Waals surface area contributed by atoms with Crippen LogP contribution in [0.25, 0.3) is 0 Å². The van der Waals surface area contributed by atoms with E-state index in [1.807, 2.05) is 0 Å². The molecule has 92 valence electrons. The van der Waals surface area contributed by atoms with Gasteiger partial charge in [0.25, 0.3) is 0 Å². The molecule has 3 heteroatoms. The highest BCUT2D eigenvalue weighted by molar-refractivity contribution is 4.89. The summed E-state index contributed by atoms with van der Waals surface area (Å²) in [7, 11) is 1.76. The topological polar surface area (TPSA) is 38.5 Å². The first-order chi connectivity index (χ1) is 7.10. The van der Waals surface area contributed by atoms with Crippen LogP contribution >= 0.6 is 0 Å². The van der Waals surface area contributed by atoms with Crippen LogP contribution in [0.3, 0.4) is 0 Å². The lowest BCUT2D eigenvalue weighted by molar-refractivity contribution is 0.0212. The largest absolute Gasteiger partial charge is 0.380 e. The molecule has 0 spiro atoms. The lowest BCUT2D eigenvalue weighted by atomic mass is 9.90. The van der Waals surface area contributed by atoms with Crippen molar-refractivity contribution in [2.75, 3.05) is 26.7 Å². The summed E-state index contributed by atoms with van der Waals surface area (Å²) in [5.41, 5.74) is 6.09. The molecule has 0 aliphatic heterocycles. The zero-order valence-corrected chi connectivity index (χ0v) is 11.0. The molecule has 0 heterocycles. The van der Waals surface area contributed by atoms with Crippen LogP contribution < -0.4 is 5.73 Å². The number of likely N-dealkylation sites (N-methyl/N-ethyl adjacent to an activating group) is 1. The molecular formula is C12H28N2O. The van der Waals surface area contributed by atoms with E-state index in [-0.39, 0.29) is 11.6 Å². The van der Waals surface area contributed by atoms with Crippen molar-refractivity contribution in [2.45, 2.75) is 52.2 Å². The lowest BCUT2D eigenvalue weighted by Crippen LogP contribution is -2.55. The molecule has 15 heavy (non-hydrogen) atoms. The van der Waals surface area contributed by atoms with Crippen LogP contribution in [0.2, 0.25) is 0 Å². The third-order valence-electron chi connectivity index (χ3n) is 3.63. The van der Waals surface area contributed by atoms with Crippen molar-refractivity contribution >= 4 is 0 Å². The normalized spacial score (nSPS) is 14.6. The van der Waals surface area contributed by atoms with E-state index in [4.69, 9.17) is 10.5 Å². The van der Waals surface area contributed by atoms with Gasteiger partial charge in [-0.2, -0.15) is 0 Å². The molecule has 0 saturated carbocycles. The summed E-state index contributed by atoms with van der Waals surface area (Å²) < 4.78 is 5.33. The number of hydrogen-bond acceptors (Lipinski definition) is 3. The van der Waals surface area contributed by atoms with Crippen LogP contribution in [0.4, 0.5) is 0 Å². The average Bonchev–Trinajstić information content (AvgIpc) is 2.29. The van der Waals surface area contributed by atoms with E-state index in [0.29, 0.717) is 0 Å². The summed E-state index contributed by atoms with van der Waals surface area (Å²) in [6, 6.07) is 0. The van der Waals surface area contributed by atoms with Gasteiger partial charge in [-0.25, -0.2) is 0 Å². The molecule has 0 fully saturated rings. The van der Waals surface area contributed by atoms with Crippen molar-refractivity contribution in [1.82, 2.24) is 4.90 Å². The van der Waals surface area contributed by atoms with Gasteiger partial charge in [0.1, 0.15) is 0 Å². The zero-order chi connectivity index (χ0) is 11.9. The second kappa shape index (κ2) is 7.20. The predicted molar refractivity (Wildman–Crippen MR) is 66.1 cm³/mol. The van der Waals surface area contributed by atoms with Crippen molar-refractivity contribution in [3.63, 3.8) is 0 Å². The Labute approximate surface area is 95.0 Å². The summed E-state index contributed by atoms with van der Waals surface area (Å²) in [4.78, 5) is 2.46. The monoisotopic (exact) mass is 216 g/mol. The fraction of sp³-hybridized carbons (Fsp3) is 1.00. The number of hydrogen-bond donors (Lipinski definition) is 1. The molecule has 1 unspecified atom stereocenters. The van der Waals surface area contributed by atoms with Gasteiger partial charge in [-0.1, -0.05) is 20.8 Å². The summed E-state index contributed by atoms with van der Waals surface area (Å²) >= 11 is 0. The predicted octanol–water partition coefficient (Wildman–Crippen LogP) is 1.86. The van der Waals surface area contributed by atoms with Crippen molar-refractivity contribution < 1.29 is 4.74 Å². The Morgan fingerprint density at radius 1 is 1.27 bits per heavy atom. The van der Waals surface area contributed by atoms with E-state index >= 15 is 0 Å².